The SMILES string of the molecule is CNC(C)C(=O)NC(C)C(=O)NC(CCCN=C(N)N)C(O)CC(=O)OCC1=C(C(=O)O)N2C(=O)C(NC=O)(NC(=O)CCCC(N)C(=O)O)C2SC1. The average molecular weight is 773 g/mol. The minimum absolute atomic E-state index is 0.00563. The zero-order chi connectivity index (χ0) is 40.0. The number of guanidine groups is 1. The van der Waals surface area contributed by atoms with Gasteiger partial charge in [0.2, 0.25) is 29.8 Å². The molecule has 0 aromatic carbocycles. The van der Waals surface area contributed by atoms with Crippen LogP contribution in [0.5, 0.6) is 0 Å². The number of thioether (sulfide) groups is 1. The normalized spacial score (nSPS) is 20.6. The predicted octanol–water partition coefficient (Wildman–Crippen LogP) is -4.67. The van der Waals surface area contributed by atoms with Crippen molar-refractivity contribution in [3.63, 3.8) is 0 Å². The molecule has 7 unspecified atom stereocenters. The summed E-state index contributed by atoms with van der Waals surface area (Å²) in [5.41, 5.74) is 13.6. The van der Waals surface area contributed by atoms with Crippen molar-refractivity contribution >= 4 is 65.7 Å². The number of β-lactam (4-membered cyclic amide) rings is 1. The maximum Gasteiger partial charge on any atom is 0.352 e. The molecular formula is C30H48N10O12S. The monoisotopic (exact) mass is 772 g/mol. The minimum Gasteiger partial charge on any atom is -0.480 e. The van der Waals surface area contributed by atoms with Crippen molar-refractivity contribution < 1.29 is 58.4 Å². The molecule has 5 amide bonds. The van der Waals surface area contributed by atoms with Gasteiger partial charge in [0.1, 0.15) is 29.8 Å². The minimum atomic E-state index is -2.00. The van der Waals surface area contributed by atoms with E-state index in [4.69, 9.17) is 27.0 Å². The second-order valence-electron chi connectivity index (χ2n) is 12.3. The Bertz CT molecular complexity index is 1470. The number of carboxylic acid groups (broad SMARTS) is 2. The lowest BCUT2D eigenvalue weighted by Gasteiger charge is -2.56. The van der Waals surface area contributed by atoms with E-state index < -0.39 is 102 Å². The van der Waals surface area contributed by atoms with Gasteiger partial charge in [-0.2, -0.15) is 0 Å². The van der Waals surface area contributed by atoms with Crippen molar-refractivity contribution in [2.24, 2.45) is 22.2 Å². The summed E-state index contributed by atoms with van der Waals surface area (Å²) in [5, 5.41) is 41.3. The number of carbonyl (C=O) groups is 8. The quantitative estimate of drug-likeness (QED) is 0.00884. The van der Waals surface area contributed by atoms with Crippen molar-refractivity contribution in [1.82, 2.24) is 31.5 Å². The summed E-state index contributed by atoms with van der Waals surface area (Å²) in [4.78, 5) is 103. The number of rotatable bonds is 23. The molecule has 1 saturated heterocycles. The number of aliphatic imine (C=N–C) groups is 1. The highest BCUT2D eigenvalue weighted by Crippen LogP contribution is 2.45. The Balaban J connectivity index is 2.13. The number of likely N-dealkylation sites (N-methyl/N-ethyl adjacent to an activating group) is 1. The standard InChI is InChI=1S/C30H48N10O12S/c1-14(34-3)23(45)37-15(2)24(46)38-18(7-5-9-35-29(32)33)19(42)10-21(44)52-11-16-12-53-28-30(36-13-41,27(51)40(28)22(16)26(49)50)39-20(43)8-4-6-17(31)25(47)48/h13-15,17-19,28,34,42H,4-12,31H2,1-3H3,(H,36,41)(H,37,45)(H,38,46)(H,39,43)(H,47,48)(H,49,50)(H4,32,33,35). The topological polar surface area (TPSA) is 360 Å². The number of nitrogens with two attached hydrogens (primary N) is 3. The number of nitrogens with zero attached hydrogens (tertiary/aromatic N) is 2. The molecule has 53 heavy (non-hydrogen) atoms. The van der Waals surface area contributed by atoms with Crippen LogP contribution in [-0.2, 0) is 43.1 Å². The van der Waals surface area contributed by atoms with Crippen molar-refractivity contribution in [2.45, 2.75) is 93.7 Å². The highest BCUT2D eigenvalue weighted by molar-refractivity contribution is 8.00. The number of carboxylic acids is 2. The lowest BCUT2D eigenvalue weighted by molar-refractivity contribution is -0.162. The molecule has 14 N–H and O–H groups in total. The van der Waals surface area contributed by atoms with Gasteiger partial charge in [-0.15, -0.1) is 11.8 Å². The van der Waals surface area contributed by atoms with E-state index in [1.54, 1.807) is 14.0 Å². The van der Waals surface area contributed by atoms with Crippen LogP contribution in [0.15, 0.2) is 16.3 Å². The molecule has 2 aliphatic rings. The van der Waals surface area contributed by atoms with Crippen LogP contribution in [0, 0.1) is 0 Å². The van der Waals surface area contributed by atoms with Crippen LogP contribution in [0.2, 0.25) is 0 Å². The largest absolute Gasteiger partial charge is 0.480 e. The van der Waals surface area contributed by atoms with E-state index in [1.807, 2.05) is 0 Å². The zero-order valence-electron chi connectivity index (χ0n) is 29.5. The number of fused-ring (bicyclic) bond motifs is 1. The molecule has 23 heteroatoms. The van der Waals surface area contributed by atoms with E-state index in [0.717, 1.165) is 16.7 Å². The molecule has 1 fully saturated rings. The number of ether oxygens (including phenoxy) is 1. The lowest BCUT2D eigenvalue weighted by Crippen LogP contribution is -2.85. The maximum atomic E-state index is 13.4. The molecule has 2 heterocycles. The third-order valence-electron chi connectivity index (χ3n) is 8.34. The Hall–Kier alpha value is -5.00. The van der Waals surface area contributed by atoms with Crippen molar-refractivity contribution in [2.75, 3.05) is 26.0 Å². The van der Waals surface area contributed by atoms with Crippen LogP contribution >= 0.6 is 11.8 Å². The first kappa shape index (κ1) is 44.2. The van der Waals surface area contributed by atoms with Crippen molar-refractivity contribution in [3.8, 4) is 0 Å². The molecular weight excluding hydrogens is 724 g/mol. The van der Waals surface area contributed by atoms with Gasteiger partial charge in [-0.25, -0.2) is 4.79 Å². The fourth-order valence-electron chi connectivity index (χ4n) is 5.26. The number of carbonyl (C=O) groups excluding carboxylic acids is 6. The summed E-state index contributed by atoms with van der Waals surface area (Å²) in [7, 11) is 1.57. The smallest absolute Gasteiger partial charge is 0.352 e. The van der Waals surface area contributed by atoms with Gasteiger partial charge >= 0.3 is 17.9 Å². The number of esters is 1. The van der Waals surface area contributed by atoms with Crippen LogP contribution in [-0.4, -0.2) is 141 Å². The fraction of sp³-hybridized carbons (Fsp3) is 0.633. The Morgan fingerprint density at radius 3 is 2.32 bits per heavy atom. The van der Waals surface area contributed by atoms with Crippen LogP contribution in [0.4, 0.5) is 0 Å². The van der Waals surface area contributed by atoms with Gasteiger partial charge in [-0.1, -0.05) is 0 Å². The van der Waals surface area contributed by atoms with E-state index in [0.29, 0.717) is 0 Å². The van der Waals surface area contributed by atoms with E-state index in [-0.39, 0.29) is 62.3 Å². The number of hydrogen-bond acceptors (Lipinski definition) is 14. The number of hydrogen-bond donors (Lipinski definition) is 11. The number of amides is 5. The van der Waals surface area contributed by atoms with Gasteiger partial charge < -0.3 is 63.8 Å². The Morgan fingerprint density at radius 1 is 1.08 bits per heavy atom. The first-order chi connectivity index (χ1) is 24.9. The van der Waals surface area contributed by atoms with Gasteiger partial charge in [0.25, 0.3) is 5.91 Å². The Kier molecular flexibility index (Phi) is 16.9. The summed E-state index contributed by atoms with van der Waals surface area (Å²) >= 11 is 0.967. The third-order valence-corrected chi connectivity index (χ3v) is 9.73. The molecule has 22 nitrogen and oxygen atoms in total. The molecule has 0 aliphatic carbocycles. The maximum absolute atomic E-state index is 13.4. The van der Waals surface area contributed by atoms with E-state index in [9.17, 15) is 48.6 Å². The number of aliphatic hydroxyl groups excluding tert-OH is 1. The Labute approximate surface area is 308 Å². The summed E-state index contributed by atoms with van der Waals surface area (Å²) in [6.45, 7) is 2.57. The average Bonchev–Trinajstić information content (AvgIpc) is 3.09. The van der Waals surface area contributed by atoms with Crippen molar-refractivity contribution in [3.05, 3.63) is 11.3 Å². The van der Waals surface area contributed by atoms with E-state index >= 15 is 0 Å². The van der Waals surface area contributed by atoms with Gasteiger partial charge in [0.05, 0.1) is 24.6 Å². The summed E-state index contributed by atoms with van der Waals surface area (Å²) in [6.07, 6.45) is -1.82. The molecule has 2 rings (SSSR count). The second kappa shape index (κ2) is 20.3. The Morgan fingerprint density at radius 2 is 1.74 bits per heavy atom. The third kappa shape index (κ3) is 12.0. The first-order valence-electron chi connectivity index (χ1n) is 16.5. The molecule has 0 aromatic rings. The first-order valence-corrected chi connectivity index (χ1v) is 17.5. The van der Waals surface area contributed by atoms with E-state index in [1.165, 1.54) is 6.92 Å². The number of nitrogens with one attached hydrogen (secondary N) is 5. The molecule has 0 aromatic heterocycles. The lowest BCUT2D eigenvalue weighted by atomic mass is 9.94. The zero-order valence-corrected chi connectivity index (χ0v) is 30.3. The van der Waals surface area contributed by atoms with Crippen LogP contribution in [0.25, 0.3) is 0 Å². The van der Waals surface area contributed by atoms with Crippen LogP contribution < -0.4 is 43.8 Å². The van der Waals surface area contributed by atoms with Gasteiger partial charge in [0.15, 0.2) is 5.96 Å². The van der Waals surface area contributed by atoms with Gasteiger partial charge in [0, 0.05) is 24.3 Å². The summed E-state index contributed by atoms with van der Waals surface area (Å²) < 4.78 is 5.27. The molecule has 0 radical (unpaired) electrons. The summed E-state index contributed by atoms with van der Waals surface area (Å²) in [5.74, 6) is -6.88. The highest BCUT2D eigenvalue weighted by Gasteiger charge is 2.66. The molecule has 0 saturated carbocycles. The number of aliphatic hydroxyl groups is 1. The van der Waals surface area contributed by atoms with Gasteiger partial charge in [-0.05, 0) is 46.6 Å². The molecule has 7 atom stereocenters. The molecule has 296 valence electrons. The predicted molar refractivity (Wildman–Crippen MR) is 187 cm³/mol. The molecule has 2 aliphatic heterocycles. The summed E-state index contributed by atoms with van der Waals surface area (Å²) in [6, 6.07) is -3.82. The van der Waals surface area contributed by atoms with Crippen molar-refractivity contribution in [1.29, 1.82) is 0 Å². The molecule has 0 spiro atoms. The van der Waals surface area contributed by atoms with Crippen LogP contribution in [0.3, 0.4) is 0 Å². The van der Waals surface area contributed by atoms with Crippen LogP contribution in [0.1, 0.15) is 52.4 Å². The molecule has 0 bridgehead atoms. The number of aliphatic carboxylic acids is 2. The van der Waals surface area contributed by atoms with Gasteiger partial charge in [-0.3, -0.25) is 43.5 Å². The van der Waals surface area contributed by atoms with E-state index in [2.05, 4.69) is 31.6 Å². The highest BCUT2D eigenvalue weighted by atomic mass is 32.2. The second-order valence-corrected chi connectivity index (χ2v) is 13.4. The fourth-order valence-corrected chi connectivity index (χ4v) is 6.67.